The Kier molecular flexibility index (Phi) is 6.70. The van der Waals surface area contributed by atoms with E-state index in [0.717, 1.165) is 32.5 Å². The maximum Gasteiger partial charge on any atom is 0.168 e. The first-order valence-electron chi connectivity index (χ1n) is 9.97. The van der Waals surface area contributed by atoms with E-state index in [4.69, 9.17) is 14.3 Å². The summed E-state index contributed by atoms with van der Waals surface area (Å²) in [6.45, 7) is 6.53. The molecule has 4 atom stereocenters. The number of Topliss-reactive ketones (excluding diaryl/α,β-unsaturated/α-hetero) is 1. The van der Waals surface area contributed by atoms with Crippen LogP contribution in [0.4, 0.5) is 0 Å². The van der Waals surface area contributed by atoms with Crippen molar-refractivity contribution in [3.8, 4) is 0 Å². The first-order valence-corrected chi connectivity index (χ1v) is 9.97. The molecule has 2 saturated heterocycles. The van der Waals surface area contributed by atoms with Crippen LogP contribution < -0.4 is 0 Å². The molecule has 0 amide bonds. The van der Waals surface area contributed by atoms with Gasteiger partial charge in [0.05, 0.1) is 30.6 Å². The van der Waals surface area contributed by atoms with E-state index in [1.54, 1.807) is 0 Å². The Morgan fingerprint density at radius 1 is 1.23 bits per heavy atom. The summed E-state index contributed by atoms with van der Waals surface area (Å²) in [6.07, 6.45) is 4.71. The molecule has 146 valence electrons. The van der Waals surface area contributed by atoms with Crippen molar-refractivity contribution in [2.24, 2.45) is 22.9 Å². The average molecular weight is 365 g/mol. The molecule has 6 nitrogen and oxygen atoms in total. The van der Waals surface area contributed by atoms with Crippen LogP contribution in [0.15, 0.2) is 16.5 Å². The lowest BCUT2D eigenvalue weighted by atomic mass is 9.73. The molecule has 0 saturated carbocycles. The van der Waals surface area contributed by atoms with Crippen molar-refractivity contribution in [2.75, 3.05) is 26.4 Å². The monoisotopic (exact) mass is 365 g/mol. The number of carbonyl (C=O) groups excluding carboxylic acids is 1. The molecule has 1 aliphatic carbocycles. The van der Waals surface area contributed by atoms with Crippen LogP contribution in [0.25, 0.3) is 0 Å². The number of oxime groups is 1. The third-order valence-electron chi connectivity index (χ3n) is 5.75. The number of allylic oxidation sites excluding steroid dienone is 2. The molecule has 26 heavy (non-hydrogen) atoms. The summed E-state index contributed by atoms with van der Waals surface area (Å²) in [6, 6.07) is 0. The zero-order valence-corrected chi connectivity index (χ0v) is 15.9. The van der Waals surface area contributed by atoms with Crippen LogP contribution in [0.3, 0.4) is 0 Å². The molecule has 6 heteroatoms. The number of aliphatic hydroxyl groups is 1. The summed E-state index contributed by atoms with van der Waals surface area (Å²) in [5.41, 5.74) is 0.961. The Morgan fingerprint density at radius 2 is 2.08 bits per heavy atom. The van der Waals surface area contributed by atoms with Crippen molar-refractivity contribution in [3.05, 3.63) is 11.3 Å². The lowest BCUT2D eigenvalue weighted by Crippen LogP contribution is -2.44. The molecule has 2 fully saturated rings. The first kappa shape index (κ1) is 19.4. The van der Waals surface area contributed by atoms with Crippen LogP contribution in [0, 0.1) is 17.8 Å². The van der Waals surface area contributed by atoms with E-state index in [1.165, 1.54) is 0 Å². The van der Waals surface area contributed by atoms with Gasteiger partial charge in [-0.1, -0.05) is 18.5 Å². The summed E-state index contributed by atoms with van der Waals surface area (Å²) in [7, 11) is 0. The van der Waals surface area contributed by atoms with Crippen LogP contribution in [-0.2, 0) is 19.1 Å². The molecule has 0 radical (unpaired) electrons. The Bertz CT molecular complexity index is 571. The van der Waals surface area contributed by atoms with Gasteiger partial charge >= 0.3 is 0 Å². The Balaban J connectivity index is 1.70. The molecular weight excluding hydrogens is 334 g/mol. The summed E-state index contributed by atoms with van der Waals surface area (Å²) < 4.78 is 11.6. The normalized spacial score (nSPS) is 33.2. The van der Waals surface area contributed by atoms with Gasteiger partial charge in [-0.3, -0.25) is 4.79 Å². The summed E-state index contributed by atoms with van der Waals surface area (Å²) in [5.74, 6) is 0.987. The van der Waals surface area contributed by atoms with Gasteiger partial charge in [0.25, 0.3) is 0 Å². The maximum atomic E-state index is 12.8. The highest BCUT2D eigenvalue weighted by molar-refractivity contribution is 6.23. The van der Waals surface area contributed by atoms with Gasteiger partial charge in [0.1, 0.15) is 12.4 Å². The van der Waals surface area contributed by atoms with Crippen LogP contribution in [0.5, 0.6) is 0 Å². The number of ketones is 1. The summed E-state index contributed by atoms with van der Waals surface area (Å²) >= 11 is 0. The zero-order valence-electron chi connectivity index (χ0n) is 15.9. The van der Waals surface area contributed by atoms with Crippen molar-refractivity contribution in [1.82, 2.24) is 0 Å². The van der Waals surface area contributed by atoms with Crippen molar-refractivity contribution in [3.63, 3.8) is 0 Å². The van der Waals surface area contributed by atoms with E-state index >= 15 is 0 Å². The highest BCUT2D eigenvalue weighted by atomic mass is 16.6. The average Bonchev–Trinajstić information content (AvgIpc) is 2.65. The van der Waals surface area contributed by atoms with Crippen molar-refractivity contribution in [1.29, 1.82) is 0 Å². The molecule has 2 aliphatic heterocycles. The van der Waals surface area contributed by atoms with E-state index in [-0.39, 0.29) is 17.5 Å². The molecule has 1 N–H and O–H groups in total. The SMILES string of the molecule is CCCC(=NOCC)C1=C(O)CC(C2COC3CCOCC3C2)CC1=O. The van der Waals surface area contributed by atoms with Crippen LogP contribution in [0.1, 0.15) is 52.4 Å². The quantitative estimate of drug-likeness (QED) is 0.576. The van der Waals surface area contributed by atoms with E-state index in [9.17, 15) is 9.90 Å². The van der Waals surface area contributed by atoms with Crippen LogP contribution >= 0.6 is 0 Å². The number of hydrogen-bond acceptors (Lipinski definition) is 6. The second-order valence-corrected chi connectivity index (χ2v) is 7.61. The van der Waals surface area contributed by atoms with Crippen molar-refractivity contribution < 1.29 is 24.2 Å². The molecule has 0 aromatic heterocycles. The molecule has 3 rings (SSSR count). The van der Waals surface area contributed by atoms with E-state index in [0.29, 0.717) is 61.7 Å². The lowest BCUT2D eigenvalue weighted by Gasteiger charge is -2.42. The molecule has 0 aromatic carbocycles. The number of rotatable bonds is 6. The number of carbonyl (C=O) groups is 1. The van der Waals surface area contributed by atoms with E-state index < -0.39 is 0 Å². The smallest absolute Gasteiger partial charge is 0.168 e. The van der Waals surface area contributed by atoms with Gasteiger partial charge in [-0.2, -0.15) is 0 Å². The molecule has 3 aliphatic rings. The van der Waals surface area contributed by atoms with Gasteiger partial charge in [0.2, 0.25) is 0 Å². The highest BCUT2D eigenvalue weighted by Crippen LogP contribution is 2.40. The van der Waals surface area contributed by atoms with Gasteiger partial charge in [-0.15, -0.1) is 0 Å². The van der Waals surface area contributed by atoms with E-state index in [1.807, 2.05) is 13.8 Å². The second kappa shape index (κ2) is 9.00. The second-order valence-electron chi connectivity index (χ2n) is 7.61. The summed E-state index contributed by atoms with van der Waals surface area (Å²) in [4.78, 5) is 18.0. The van der Waals surface area contributed by atoms with Crippen molar-refractivity contribution in [2.45, 2.75) is 58.5 Å². The van der Waals surface area contributed by atoms with Crippen LogP contribution in [-0.4, -0.2) is 49.1 Å². The first-order chi connectivity index (χ1) is 12.6. The fourth-order valence-corrected chi connectivity index (χ4v) is 4.43. The number of nitrogens with zero attached hydrogens (tertiary/aromatic N) is 1. The predicted octanol–water partition coefficient (Wildman–Crippen LogP) is 3.41. The number of ether oxygens (including phenoxy) is 2. The predicted molar refractivity (Wildman–Crippen MR) is 98.1 cm³/mol. The highest BCUT2D eigenvalue weighted by Gasteiger charge is 2.40. The van der Waals surface area contributed by atoms with Crippen molar-refractivity contribution >= 4 is 11.5 Å². The third kappa shape index (κ3) is 4.29. The Morgan fingerprint density at radius 3 is 2.81 bits per heavy atom. The van der Waals surface area contributed by atoms with Gasteiger partial charge < -0.3 is 19.4 Å². The van der Waals surface area contributed by atoms with Gasteiger partial charge in [-0.05, 0) is 38.0 Å². The van der Waals surface area contributed by atoms with Gasteiger partial charge in [0, 0.05) is 25.4 Å². The maximum absolute atomic E-state index is 12.8. The van der Waals surface area contributed by atoms with Crippen LogP contribution in [0.2, 0.25) is 0 Å². The van der Waals surface area contributed by atoms with Gasteiger partial charge in [0.15, 0.2) is 5.78 Å². The minimum absolute atomic E-state index is 0.0207. The van der Waals surface area contributed by atoms with E-state index in [2.05, 4.69) is 5.16 Å². The molecule has 2 heterocycles. The summed E-state index contributed by atoms with van der Waals surface area (Å²) in [5, 5.41) is 14.7. The zero-order chi connectivity index (χ0) is 18.5. The van der Waals surface area contributed by atoms with Gasteiger partial charge in [-0.25, -0.2) is 0 Å². The fraction of sp³-hybridized carbons (Fsp3) is 0.800. The minimum atomic E-state index is -0.0207. The minimum Gasteiger partial charge on any atom is -0.511 e. The molecule has 4 unspecified atom stereocenters. The Labute approximate surface area is 155 Å². The Hall–Kier alpha value is -1.40. The largest absolute Gasteiger partial charge is 0.511 e. The topological polar surface area (TPSA) is 77.3 Å². The lowest BCUT2D eigenvalue weighted by molar-refractivity contribution is -0.133. The third-order valence-corrected chi connectivity index (χ3v) is 5.75. The molecule has 0 spiro atoms. The fourth-order valence-electron chi connectivity index (χ4n) is 4.43. The molecule has 0 aromatic rings. The molecular formula is C20H31NO5. The number of fused-ring (bicyclic) bond motifs is 1. The number of hydrogen-bond donors (Lipinski definition) is 1. The standard InChI is InChI=1S/C20H31NO5/c1-3-5-16(21-26-4-2)20-17(22)9-13(10-18(20)23)14-8-15-11-24-7-6-19(15)25-12-14/h13-15,19,22H,3-12H2,1-2H3. The number of aliphatic hydroxyl groups excluding tert-OH is 1. The molecule has 0 bridgehead atoms.